The van der Waals surface area contributed by atoms with Crippen molar-refractivity contribution in [3.05, 3.63) is 0 Å². The molecule has 0 spiro atoms. The molecule has 0 aliphatic rings. The van der Waals surface area contributed by atoms with Gasteiger partial charge in [0.25, 0.3) is 0 Å². The maximum absolute atomic E-state index is 9.60. The molecule has 0 aliphatic heterocycles. The largest absolute Gasteiger partial charge is 0.432 e. The molecule has 0 aromatic rings. The lowest BCUT2D eigenvalue weighted by molar-refractivity contribution is -0.0534. The van der Waals surface area contributed by atoms with Crippen molar-refractivity contribution in [2.24, 2.45) is 0 Å². The van der Waals surface area contributed by atoms with E-state index in [9.17, 15) is 9.59 Å². The van der Waals surface area contributed by atoms with Crippen LogP contribution in [0.1, 0.15) is 12.8 Å². The molecular formula is C11H28O4Si2. The van der Waals surface area contributed by atoms with Crippen molar-refractivity contribution in [1.29, 1.82) is 0 Å². The Hall–Kier alpha value is 0.274. The summed E-state index contributed by atoms with van der Waals surface area (Å²) in [4.78, 5) is 19.2. The van der Waals surface area contributed by atoms with Crippen LogP contribution in [0.25, 0.3) is 0 Å². The molecule has 0 bridgehead atoms. The summed E-state index contributed by atoms with van der Waals surface area (Å²) in [5.74, 6) is 0. The Morgan fingerprint density at radius 1 is 0.765 bits per heavy atom. The Morgan fingerprint density at radius 3 is 1.41 bits per heavy atom. The predicted molar refractivity (Wildman–Crippen MR) is 75.0 cm³/mol. The lowest BCUT2D eigenvalue weighted by Gasteiger charge is -2.14. The molecule has 104 valence electrons. The molecule has 4 nitrogen and oxygen atoms in total. The Balaban J connectivity index is 3.15. The molecule has 0 saturated heterocycles. The van der Waals surface area contributed by atoms with Crippen LogP contribution < -0.4 is 0 Å². The van der Waals surface area contributed by atoms with Crippen LogP contribution in [0.4, 0.5) is 0 Å². The van der Waals surface area contributed by atoms with Gasteiger partial charge in [0.2, 0.25) is 0 Å². The van der Waals surface area contributed by atoms with Gasteiger partial charge in [-0.2, -0.15) is 0 Å². The van der Waals surface area contributed by atoms with Gasteiger partial charge in [-0.3, -0.25) is 0 Å². The molecule has 0 aromatic heterocycles. The van der Waals surface area contributed by atoms with Crippen LogP contribution >= 0.6 is 0 Å². The molecule has 0 unspecified atom stereocenters. The van der Waals surface area contributed by atoms with Gasteiger partial charge in [-0.1, -0.05) is 0 Å². The highest BCUT2D eigenvalue weighted by Gasteiger charge is 2.16. The highest BCUT2D eigenvalue weighted by Crippen LogP contribution is 2.08. The number of ether oxygens (including phenoxy) is 2. The van der Waals surface area contributed by atoms with Gasteiger partial charge < -0.3 is 19.1 Å². The minimum absolute atomic E-state index is 0.320. The summed E-state index contributed by atoms with van der Waals surface area (Å²) in [5.41, 5.74) is 0. The van der Waals surface area contributed by atoms with Gasteiger partial charge in [0, 0.05) is 13.2 Å². The topological polar surface area (TPSA) is 58.9 Å². The van der Waals surface area contributed by atoms with Gasteiger partial charge in [-0.05, 0) is 51.1 Å². The molecule has 0 heterocycles. The normalized spacial score (nSPS) is 13.1. The zero-order valence-corrected chi connectivity index (χ0v) is 13.7. The molecule has 0 amide bonds. The smallest absolute Gasteiger partial charge is 0.182 e. The molecule has 0 saturated carbocycles. The first-order valence-corrected chi connectivity index (χ1v) is 12.6. The molecule has 6 heteroatoms. The van der Waals surface area contributed by atoms with Crippen molar-refractivity contribution in [3.63, 3.8) is 0 Å². The fraction of sp³-hybridized carbons (Fsp3) is 1.00. The van der Waals surface area contributed by atoms with Crippen molar-refractivity contribution in [3.8, 4) is 0 Å². The maximum atomic E-state index is 9.60. The minimum atomic E-state index is -1.90. The summed E-state index contributed by atoms with van der Waals surface area (Å²) in [7, 11) is -3.81. The minimum Gasteiger partial charge on any atom is -0.432 e. The molecule has 0 radical (unpaired) electrons. The Bertz CT molecular complexity index is 167. The summed E-state index contributed by atoms with van der Waals surface area (Å²) in [6.07, 6.45) is 1.80. The van der Waals surface area contributed by atoms with E-state index in [0.29, 0.717) is 20.0 Å². The average molecular weight is 281 g/mol. The second kappa shape index (κ2) is 8.39. The van der Waals surface area contributed by atoms with E-state index in [1.54, 1.807) is 0 Å². The van der Waals surface area contributed by atoms with Gasteiger partial charge in [0.1, 0.15) is 6.79 Å². The van der Waals surface area contributed by atoms with E-state index in [1.165, 1.54) is 0 Å². The van der Waals surface area contributed by atoms with Crippen LogP contribution in [-0.2, 0) is 9.47 Å². The summed E-state index contributed by atoms with van der Waals surface area (Å²) in [5, 5.41) is 0. The third kappa shape index (κ3) is 16.3. The second-order valence-corrected chi connectivity index (χ2v) is 14.0. The van der Waals surface area contributed by atoms with Crippen molar-refractivity contribution in [1.82, 2.24) is 0 Å². The Labute approximate surface area is 107 Å². The van der Waals surface area contributed by atoms with Crippen molar-refractivity contribution in [2.45, 2.75) is 51.1 Å². The first-order valence-electron chi connectivity index (χ1n) is 6.31. The van der Waals surface area contributed by atoms with Crippen LogP contribution in [0.2, 0.25) is 38.3 Å². The van der Waals surface area contributed by atoms with Gasteiger partial charge >= 0.3 is 0 Å². The van der Waals surface area contributed by atoms with E-state index in [2.05, 4.69) is 0 Å². The molecule has 0 rings (SSSR count). The highest BCUT2D eigenvalue weighted by atomic mass is 28.4. The third-order valence-corrected chi connectivity index (χ3v) is 5.48. The Kier molecular flexibility index (Phi) is 8.52. The fourth-order valence-electron chi connectivity index (χ4n) is 1.39. The van der Waals surface area contributed by atoms with Crippen LogP contribution in [0.5, 0.6) is 0 Å². The Morgan fingerprint density at radius 2 is 1.12 bits per heavy atom. The van der Waals surface area contributed by atoms with E-state index in [0.717, 1.165) is 24.9 Å². The van der Waals surface area contributed by atoms with E-state index >= 15 is 0 Å². The van der Waals surface area contributed by atoms with E-state index < -0.39 is 16.6 Å². The van der Waals surface area contributed by atoms with Crippen LogP contribution in [-0.4, -0.2) is 46.2 Å². The van der Waals surface area contributed by atoms with Gasteiger partial charge in [-0.15, -0.1) is 0 Å². The summed E-state index contributed by atoms with van der Waals surface area (Å²) in [6.45, 7) is 9.36. The molecule has 17 heavy (non-hydrogen) atoms. The number of hydrogen-bond donors (Lipinski definition) is 2. The second-order valence-electron chi connectivity index (χ2n) is 5.77. The predicted octanol–water partition coefficient (Wildman–Crippen LogP) is 2.15. The number of rotatable bonds is 10. The fourth-order valence-corrected chi connectivity index (χ4v) is 3.41. The lowest BCUT2D eigenvalue weighted by Crippen LogP contribution is -2.25. The summed E-state index contributed by atoms with van der Waals surface area (Å²) >= 11 is 0. The molecular weight excluding hydrogens is 252 g/mol. The first-order chi connectivity index (χ1) is 7.71. The SMILES string of the molecule is C[Si](C)(O)CCCOCOCCC[Si](C)(C)O. The molecule has 0 aliphatic carbocycles. The van der Waals surface area contributed by atoms with Crippen LogP contribution in [0.3, 0.4) is 0 Å². The average Bonchev–Trinajstić information content (AvgIpc) is 2.11. The first kappa shape index (κ1) is 17.3. The van der Waals surface area contributed by atoms with E-state index in [1.807, 2.05) is 26.2 Å². The number of hydrogen-bond acceptors (Lipinski definition) is 4. The van der Waals surface area contributed by atoms with Crippen molar-refractivity contribution < 1.29 is 19.1 Å². The lowest BCUT2D eigenvalue weighted by atomic mass is 10.5. The molecule has 2 N–H and O–H groups in total. The van der Waals surface area contributed by atoms with Crippen LogP contribution in [0.15, 0.2) is 0 Å². The quantitative estimate of drug-likeness (QED) is 0.366. The maximum Gasteiger partial charge on any atom is 0.182 e. The monoisotopic (exact) mass is 280 g/mol. The van der Waals surface area contributed by atoms with Gasteiger partial charge in [0.05, 0.1) is 0 Å². The highest BCUT2D eigenvalue weighted by molar-refractivity contribution is 6.70. The molecule has 0 fully saturated rings. The van der Waals surface area contributed by atoms with E-state index in [4.69, 9.17) is 9.47 Å². The van der Waals surface area contributed by atoms with Crippen molar-refractivity contribution in [2.75, 3.05) is 20.0 Å². The molecule has 0 atom stereocenters. The third-order valence-electron chi connectivity index (χ3n) is 2.32. The van der Waals surface area contributed by atoms with Crippen molar-refractivity contribution >= 4 is 16.6 Å². The summed E-state index contributed by atoms with van der Waals surface area (Å²) < 4.78 is 10.6. The van der Waals surface area contributed by atoms with Gasteiger partial charge in [-0.25, -0.2) is 0 Å². The zero-order chi connectivity index (χ0) is 13.4. The summed E-state index contributed by atoms with van der Waals surface area (Å²) in [6, 6.07) is 1.74. The van der Waals surface area contributed by atoms with E-state index in [-0.39, 0.29) is 0 Å². The van der Waals surface area contributed by atoms with Gasteiger partial charge in [0.15, 0.2) is 16.6 Å². The zero-order valence-electron chi connectivity index (χ0n) is 11.7. The standard InChI is InChI=1S/C11H28O4Si2/c1-16(2,12)9-5-7-14-11-15-8-6-10-17(3,4)13/h12-13H,5-11H2,1-4H3. The van der Waals surface area contributed by atoms with Crippen LogP contribution in [0, 0.1) is 0 Å². The molecule has 0 aromatic carbocycles.